The Hall–Kier alpha value is -2.71. The average molecular weight is 1140 g/mol. The van der Waals surface area contributed by atoms with Gasteiger partial charge in [-0.05, 0) is 107 Å². The summed E-state index contributed by atoms with van der Waals surface area (Å²) in [5, 5.41) is 111. The van der Waals surface area contributed by atoms with Crippen LogP contribution in [0.1, 0.15) is 110 Å². The van der Waals surface area contributed by atoms with Gasteiger partial charge in [-0.2, -0.15) is 0 Å². The maximum absolute atomic E-state index is 13.3. The molecule has 0 aromatic carbocycles. The van der Waals surface area contributed by atoms with Gasteiger partial charge in [0.05, 0.1) is 54.2 Å². The largest absolute Gasteiger partial charge is 0.462 e. The molecule has 4 aliphatic carbocycles. The van der Waals surface area contributed by atoms with E-state index in [1.54, 1.807) is 53.1 Å². The van der Waals surface area contributed by atoms with E-state index in [9.17, 15) is 60.7 Å². The third kappa shape index (κ3) is 11.0. The smallest absolute Gasteiger partial charge is 0.340 e. The molecule has 8 aliphatic rings. The Morgan fingerprint density at radius 3 is 2.05 bits per heavy atom. The molecule has 4 saturated carbocycles. The molecule has 10 N–H and O–H groups in total. The summed E-state index contributed by atoms with van der Waals surface area (Å²) in [4.78, 5) is 30.1. The Morgan fingerprint density at radius 1 is 0.725 bits per heavy atom. The number of rotatable bonds is 16. The average Bonchev–Trinajstić information content (AvgIpc) is 2.94. The van der Waals surface area contributed by atoms with Crippen molar-refractivity contribution >= 4 is 11.9 Å². The molecule has 0 spiro atoms. The van der Waals surface area contributed by atoms with Gasteiger partial charge in [-0.3, -0.25) is 9.78 Å². The summed E-state index contributed by atoms with van der Waals surface area (Å²) in [6.07, 6.45) is -19.6. The number of methoxy groups -OCH3 is 2. The summed E-state index contributed by atoms with van der Waals surface area (Å²) < 4.78 is 72.5. The van der Waals surface area contributed by atoms with Crippen molar-refractivity contribution in [2.24, 2.45) is 28.6 Å². The van der Waals surface area contributed by atoms with Crippen molar-refractivity contribution in [1.29, 1.82) is 0 Å². The van der Waals surface area contributed by atoms with Gasteiger partial charge >= 0.3 is 11.9 Å². The Labute approximate surface area is 464 Å². The summed E-state index contributed by atoms with van der Waals surface area (Å²) in [5.74, 6) is -1.30. The standard InChI is InChI=1S/C55H85NO24/c1-24-45(79-51-44(65)47(70-8)46(25(2)73-51)80-50-43(64)41(62)39(60)35(78-50)23-71-49-42(63)40(61)38(59)34(22-57)77-49)33(69-7)20-37(72-24)76-30-13-14-52(5)29(18-30)11-12-31-32(52)19-36(75-27(4)58)53(6)54(67,15-16-55(31,53)68)26(3)74-48(66)28-10-9-17-56-21-28/h9-10,17,21,24-26,29-47,49-51,57,59-65,67-68H,11-16,18-20,22-23H2,1-8H3/t24-,25-,26+,29+,30+,31-,32+,33-,34-,35-,36-,37+,38-,39-,40+,41+,42-,43-,44-,45-,46-,47-,49-,50+,51+,52+,53-,54-,55+/m1/s1. The quantitative estimate of drug-likeness (QED) is 0.0709. The van der Waals surface area contributed by atoms with Gasteiger partial charge in [-0.15, -0.1) is 0 Å². The molecular formula is C55H85NO24. The normalized spacial score (nSPS) is 49.9. The molecule has 80 heavy (non-hydrogen) atoms. The van der Waals surface area contributed by atoms with Crippen LogP contribution in [0.15, 0.2) is 24.5 Å². The second-order valence-corrected chi connectivity index (χ2v) is 24.1. The third-order valence-electron chi connectivity index (χ3n) is 20.0. The van der Waals surface area contributed by atoms with Crippen LogP contribution in [0.5, 0.6) is 0 Å². The van der Waals surface area contributed by atoms with Crippen LogP contribution < -0.4 is 0 Å². The predicted octanol–water partition coefficient (Wildman–Crippen LogP) is -0.892. The van der Waals surface area contributed by atoms with E-state index in [2.05, 4.69) is 11.9 Å². The highest BCUT2D eigenvalue weighted by Gasteiger charge is 2.77. The Kier molecular flexibility index (Phi) is 18.8. The van der Waals surface area contributed by atoms with E-state index in [0.717, 1.165) is 12.8 Å². The number of aromatic nitrogens is 1. The fourth-order valence-electron chi connectivity index (χ4n) is 15.3. The minimum Gasteiger partial charge on any atom is -0.462 e. The van der Waals surface area contributed by atoms with Crippen molar-refractivity contribution in [3.8, 4) is 0 Å². The van der Waals surface area contributed by atoms with Crippen molar-refractivity contribution in [3.05, 3.63) is 30.1 Å². The van der Waals surface area contributed by atoms with Crippen LogP contribution in [0.4, 0.5) is 0 Å². The number of hydrogen-bond donors (Lipinski definition) is 10. The zero-order chi connectivity index (χ0) is 58.0. The van der Waals surface area contributed by atoms with Gasteiger partial charge in [-0.1, -0.05) is 13.8 Å². The highest BCUT2D eigenvalue weighted by molar-refractivity contribution is 5.89. The molecule has 454 valence electrons. The van der Waals surface area contributed by atoms with Crippen LogP contribution in [0, 0.1) is 28.6 Å². The first kappa shape index (κ1) is 61.8. The highest BCUT2D eigenvalue weighted by atomic mass is 16.8. The van der Waals surface area contributed by atoms with Gasteiger partial charge in [-0.25, -0.2) is 4.79 Å². The topological polar surface area (TPSA) is 360 Å². The number of ether oxygens (including phenoxy) is 12. The number of pyridine rings is 1. The van der Waals surface area contributed by atoms with Gasteiger partial charge in [0.25, 0.3) is 0 Å². The number of aliphatic hydroxyl groups excluding tert-OH is 8. The first-order chi connectivity index (χ1) is 37.8. The molecule has 25 nitrogen and oxygen atoms in total. The molecule has 29 atom stereocenters. The molecule has 0 amide bonds. The molecule has 0 radical (unpaired) electrons. The molecule has 1 aromatic rings. The zero-order valence-electron chi connectivity index (χ0n) is 46.7. The van der Waals surface area contributed by atoms with Gasteiger partial charge in [0.2, 0.25) is 0 Å². The van der Waals surface area contributed by atoms with E-state index < -0.39 is 171 Å². The summed E-state index contributed by atoms with van der Waals surface area (Å²) in [6.45, 7) is 9.15. The number of nitrogens with zero attached hydrogens (tertiary/aromatic N) is 1. The molecule has 4 saturated heterocycles. The Bertz CT molecular complexity index is 2260. The van der Waals surface area contributed by atoms with Crippen molar-refractivity contribution in [3.63, 3.8) is 0 Å². The Balaban J connectivity index is 0.802. The molecule has 8 fully saturated rings. The van der Waals surface area contributed by atoms with E-state index in [1.807, 2.05) is 0 Å². The molecular weight excluding hydrogens is 1060 g/mol. The van der Waals surface area contributed by atoms with Crippen LogP contribution in [0.25, 0.3) is 0 Å². The van der Waals surface area contributed by atoms with Crippen LogP contribution in [-0.2, 0) is 61.6 Å². The van der Waals surface area contributed by atoms with Gasteiger partial charge in [0.1, 0.15) is 91.1 Å². The lowest BCUT2D eigenvalue weighted by Crippen LogP contribution is -2.72. The molecule has 5 heterocycles. The van der Waals surface area contributed by atoms with E-state index in [-0.39, 0.29) is 54.1 Å². The first-order valence-corrected chi connectivity index (χ1v) is 28.2. The lowest BCUT2D eigenvalue weighted by atomic mass is 9.42. The van der Waals surface area contributed by atoms with Crippen LogP contribution in [-0.4, -0.2) is 242 Å². The minimum absolute atomic E-state index is 0.0657. The van der Waals surface area contributed by atoms with Gasteiger partial charge in [0.15, 0.2) is 25.2 Å². The molecule has 1 aromatic heterocycles. The van der Waals surface area contributed by atoms with Gasteiger partial charge < -0.3 is 108 Å². The number of aliphatic hydroxyl groups is 10. The highest BCUT2D eigenvalue weighted by Crippen LogP contribution is 2.71. The minimum atomic E-state index is -1.83. The van der Waals surface area contributed by atoms with Gasteiger partial charge in [0, 0.05) is 40.0 Å². The fourth-order valence-corrected chi connectivity index (χ4v) is 15.3. The SMILES string of the molecule is CO[C@@H]1[C@@H](O)[C@H](O[C@@H]2[C@@H](C)O[C@@H](O[C@H]3CC[C@@]4(C)[C@@H](CC[C@@H]5[C@@H]4C[C@@H](OC(C)=O)[C@]4(C)[C@](O)([C@H](C)OC(=O)c6cccnc6)CC[C@]54O)C3)C[C@H]2OC)O[C@H](C)[C@H]1O[C@@H]1O[C@H](CO[C@@H]2O[C@H](CO)[C@@H](O)[C@H](O)[C@H]2O)[C@@H](O)[C@H](O)[C@H]1O. The number of fused-ring (bicyclic) bond motifs is 5. The number of esters is 2. The van der Waals surface area contributed by atoms with Crippen LogP contribution in [0.2, 0.25) is 0 Å². The van der Waals surface area contributed by atoms with Crippen LogP contribution >= 0.6 is 0 Å². The number of carbonyl (C=O) groups is 2. The first-order valence-electron chi connectivity index (χ1n) is 28.2. The third-order valence-corrected chi connectivity index (χ3v) is 20.0. The summed E-state index contributed by atoms with van der Waals surface area (Å²) in [6, 6.07) is 3.20. The summed E-state index contributed by atoms with van der Waals surface area (Å²) in [7, 11) is 2.87. The van der Waals surface area contributed by atoms with Crippen LogP contribution in [0.3, 0.4) is 0 Å². The van der Waals surface area contributed by atoms with Crippen molar-refractivity contribution < 1.29 is 117 Å². The number of carbonyl (C=O) groups excluding carboxylic acids is 2. The maximum atomic E-state index is 13.3. The molecule has 9 rings (SSSR count). The predicted molar refractivity (Wildman–Crippen MR) is 270 cm³/mol. The Morgan fingerprint density at radius 2 is 1.39 bits per heavy atom. The fraction of sp³-hybridized carbons (Fsp3) is 0.873. The van der Waals surface area contributed by atoms with Crippen molar-refractivity contribution in [2.75, 3.05) is 27.4 Å². The van der Waals surface area contributed by atoms with Crippen molar-refractivity contribution in [1.82, 2.24) is 4.98 Å². The summed E-state index contributed by atoms with van der Waals surface area (Å²) in [5.41, 5.74) is -4.60. The summed E-state index contributed by atoms with van der Waals surface area (Å²) >= 11 is 0. The second kappa shape index (κ2) is 24.3. The second-order valence-electron chi connectivity index (χ2n) is 24.1. The van der Waals surface area contributed by atoms with E-state index >= 15 is 0 Å². The van der Waals surface area contributed by atoms with E-state index in [1.165, 1.54) is 20.2 Å². The maximum Gasteiger partial charge on any atom is 0.340 e. The molecule has 25 heteroatoms. The molecule has 4 aliphatic heterocycles. The number of hydrogen-bond acceptors (Lipinski definition) is 25. The molecule has 0 unspecified atom stereocenters. The zero-order valence-corrected chi connectivity index (χ0v) is 46.7. The lowest BCUT2D eigenvalue weighted by Gasteiger charge is -2.66. The van der Waals surface area contributed by atoms with E-state index in [4.69, 9.17) is 56.8 Å². The van der Waals surface area contributed by atoms with Crippen molar-refractivity contribution in [2.45, 2.75) is 246 Å². The lowest BCUT2D eigenvalue weighted by molar-refractivity contribution is -0.374. The monoisotopic (exact) mass is 1140 g/mol. The van der Waals surface area contributed by atoms with E-state index in [0.29, 0.717) is 25.7 Å². The molecule has 0 bridgehead atoms.